The van der Waals surface area contributed by atoms with Crippen molar-refractivity contribution in [3.05, 3.63) is 46.3 Å². The third-order valence-electron chi connectivity index (χ3n) is 7.62. The maximum Gasteiger partial charge on any atom is 0.233 e. The number of amides is 2. The lowest BCUT2D eigenvalue weighted by molar-refractivity contribution is -0.140. The van der Waals surface area contributed by atoms with E-state index >= 15 is 0 Å². The number of phenolic OH excluding ortho intramolecular Hbond substituents is 1. The van der Waals surface area contributed by atoms with E-state index in [0.717, 1.165) is 44.1 Å². The first kappa shape index (κ1) is 24.6. The molecule has 2 amide bonds. The molecular weight excluding hydrogens is 433 g/mol. The molecule has 4 atom stereocenters. The summed E-state index contributed by atoms with van der Waals surface area (Å²) >= 11 is 0. The minimum Gasteiger partial charge on any atom is -0.505 e. The van der Waals surface area contributed by atoms with Gasteiger partial charge >= 0.3 is 0 Å². The second kappa shape index (κ2) is 10.4. The van der Waals surface area contributed by atoms with Crippen molar-refractivity contribution in [1.29, 1.82) is 0 Å². The van der Waals surface area contributed by atoms with Crippen LogP contribution in [-0.2, 0) is 14.3 Å². The van der Waals surface area contributed by atoms with Crippen molar-refractivity contribution in [2.24, 2.45) is 17.8 Å². The highest BCUT2D eigenvalue weighted by Crippen LogP contribution is 2.50. The molecule has 1 aliphatic carbocycles. The Hall–Kier alpha value is -2.47. The summed E-state index contributed by atoms with van der Waals surface area (Å²) in [6.07, 6.45) is 7.79. The Balaban J connectivity index is 1.54. The maximum atomic E-state index is 13.7. The zero-order valence-corrected chi connectivity index (χ0v) is 20.5. The molecule has 6 heteroatoms. The smallest absolute Gasteiger partial charge is 0.233 e. The lowest BCUT2D eigenvalue weighted by atomic mass is 9.68. The number of halogens is 1. The summed E-state index contributed by atoms with van der Waals surface area (Å²) in [7, 11) is 0. The molecule has 1 aromatic rings. The van der Waals surface area contributed by atoms with Crippen LogP contribution in [0, 0.1) is 23.6 Å². The van der Waals surface area contributed by atoms with Crippen molar-refractivity contribution in [2.45, 2.75) is 71.8 Å². The van der Waals surface area contributed by atoms with Gasteiger partial charge in [0.05, 0.1) is 24.5 Å². The van der Waals surface area contributed by atoms with Gasteiger partial charge in [-0.2, -0.15) is 0 Å². The molecule has 2 aliphatic heterocycles. The van der Waals surface area contributed by atoms with Gasteiger partial charge in [-0.25, -0.2) is 4.39 Å². The van der Waals surface area contributed by atoms with E-state index in [1.807, 2.05) is 13.0 Å². The Morgan fingerprint density at radius 3 is 2.65 bits per heavy atom. The quantitative estimate of drug-likeness (QED) is 0.376. The summed E-state index contributed by atoms with van der Waals surface area (Å²) in [6, 6.07) is 4.44. The van der Waals surface area contributed by atoms with E-state index in [9.17, 15) is 19.1 Å². The van der Waals surface area contributed by atoms with Crippen molar-refractivity contribution in [3.8, 4) is 5.75 Å². The van der Waals surface area contributed by atoms with Gasteiger partial charge in [-0.1, -0.05) is 50.5 Å². The van der Waals surface area contributed by atoms with E-state index in [-0.39, 0.29) is 41.4 Å². The summed E-state index contributed by atoms with van der Waals surface area (Å²) in [5.41, 5.74) is 4.51. The van der Waals surface area contributed by atoms with Crippen LogP contribution in [0.25, 0.3) is 6.08 Å². The molecule has 34 heavy (non-hydrogen) atoms. The molecule has 5 nitrogen and oxygen atoms in total. The van der Waals surface area contributed by atoms with Gasteiger partial charge in [-0.3, -0.25) is 14.5 Å². The van der Waals surface area contributed by atoms with Gasteiger partial charge in [0.15, 0.2) is 11.6 Å². The van der Waals surface area contributed by atoms with E-state index in [1.165, 1.54) is 33.8 Å². The number of rotatable bonds is 9. The summed E-state index contributed by atoms with van der Waals surface area (Å²) < 4.78 is 20.0. The summed E-state index contributed by atoms with van der Waals surface area (Å²) in [6.45, 7) is 7.23. The van der Waals surface area contributed by atoms with Gasteiger partial charge in [-0.05, 0) is 61.8 Å². The molecule has 1 aromatic carbocycles. The first-order valence-electron chi connectivity index (χ1n) is 12.8. The number of likely N-dealkylation sites (tertiary alicyclic amines) is 1. The lowest BCUT2D eigenvalue weighted by Gasteiger charge is -2.32. The number of allylic oxidation sites excluding steroid dienone is 2. The summed E-state index contributed by atoms with van der Waals surface area (Å²) in [5, 5.41) is 9.44. The number of ether oxygens (including phenoxy) is 1. The van der Waals surface area contributed by atoms with Gasteiger partial charge in [0.25, 0.3) is 0 Å². The van der Waals surface area contributed by atoms with Crippen molar-refractivity contribution in [2.75, 3.05) is 13.2 Å². The van der Waals surface area contributed by atoms with Crippen molar-refractivity contribution >= 4 is 17.9 Å². The summed E-state index contributed by atoms with van der Waals surface area (Å²) in [4.78, 5) is 27.7. The zero-order chi connectivity index (χ0) is 24.4. The fourth-order valence-corrected chi connectivity index (χ4v) is 6.04. The Kier molecular flexibility index (Phi) is 7.56. The molecule has 184 valence electrons. The Morgan fingerprint density at radius 2 is 1.97 bits per heavy atom. The van der Waals surface area contributed by atoms with Crippen LogP contribution in [0.1, 0.15) is 71.3 Å². The predicted octanol–water partition coefficient (Wildman–Crippen LogP) is 5.63. The molecule has 4 rings (SSSR count). The molecule has 3 aliphatic rings. The second-order valence-electron chi connectivity index (χ2n) is 9.81. The van der Waals surface area contributed by atoms with Crippen LogP contribution in [0.4, 0.5) is 4.39 Å². The van der Waals surface area contributed by atoms with Crippen LogP contribution >= 0.6 is 0 Å². The van der Waals surface area contributed by atoms with Crippen LogP contribution in [0.5, 0.6) is 5.75 Å². The standard InChI is InChI=1S/C28H36FNO4/c1-4-7-19-15-20-26(28(33)30(12-5-2)27(20)32)21-16-34-24(25(19)21)11-9-17(6-3)13-18-8-10-23(31)22(29)14-18/h8,10,13-14,20-21,24,26,31H,4-7,9,11-12,15-16H2,1-3H3/b17-13+/t20-,21+,24-,26-/m1/s1. The molecule has 0 spiro atoms. The number of phenols is 1. The molecule has 1 N–H and O–H groups in total. The predicted molar refractivity (Wildman–Crippen MR) is 129 cm³/mol. The number of nitrogens with zero attached hydrogens (tertiary/aromatic N) is 1. The average molecular weight is 470 g/mol. The normalized spacial score (nSPS) is 26.9. The van der Waals surface area contributed by atoms with Crippen LogP contribution in [0.3, 0.4) is 0 Å². The average Bonchev–Trinajstić information content (AvgIpc) is 3.34. The highest BCUT2D eigenvalue weighted by molar-refractivity contribution is 6.05. The van der Waals surface area contributed by atoms with Gasteiger partial charge < -0.3 is 9.84 Å². The lowest BCUT2D eigenvalue weighted by Crippen LogP contribution is -2.34. The third kappa shape index (κ3) is 4.57. The van der Waals surface area contributed by atoms with Crippen LogP contribution in [0.2, 0.25) is 0 Å². The van der Waals surface area contributed by atoms with Gasteiger partial charge in [0.2, 0.25) is 11.8 Å². The number of hydrogen-bond acceptors (Lipinski definition) is 4. The van der Waals surface area contributed by atoms with Gasteiger partial charge in [-0.15, -0.1) is 0 Å². The van der Waals surface area contributed by atoms with Crippen LogP contribution < -0.4 is 0 Å². The third-order valence-corrected chi connectivity index (χ3v) is 7.62. The van der Waals surface area contributed by atoms with Crippen LogP contribution in [0.15, 0.2) is 34.9 Å². The Morgan fingerprint density at radius 1 is 1.18 bits per heavy atom. The van der Waals surface area contributed by atoms with Crippen molar-refractivity contribution < 1.29 is 23.8 Å². The molecule has 0 aromatic heterocycles. The molecular formula is C28H36FNO4. The first-order chi connectivity index (χ1) is 16.4. The zero-order valence-electron chi connectivity index (χ0n) is 20.5. The SMILES string of the molecule is CCCC1=C2[C@@H](CC/C(=C/c3ccc(O)c(F)c3)CC)OC[C@@H]2[C@@H]2C(=O)N(CCC)C(=O)[C@@H]2C1. The number of carbonyl (C=O) groups is 2. The number of benzene rings is 1. The minimum atomic E-state index is -0.620. The molecule has 2 heterocycles. The fraction of sp³-hybridized carbons (Fsp3) is 0.571. The first-order valence-corrected chi connectivity index (χ1v) is 12.8. The number of aromatic hydroxyl groups is 1. The monoisotopic (exact) mass is 469 g/mol. The van der Waals surface area contributed by atoms with Gasteiger partial charge in [0.1, 0.15) is 0 Å². The molecule has 2 fully saturated rings. The molecule has 0 unspecified atom stereocenters. The van der Waals surface area contributed by atoms with Gasteiger partial charge in [0, 0.05) is 12.5 Å². The number of fused-ring (bicyclic) bond motifs is 3. The van der Waals surface area contributed by atoms with Crippen LogP contribution in [-0.4, -0.2) is 41.1 Å². The highest BCUT2D eigenvalue weighted by atomic mass is 19.1. The van der Waals surface area contributed by atoms with E-state index in [0.29, 0.717) is 19.6 Å². The molecule has 2 saturated heterocycles. The fourth-order valence-electron chi connectivity index (χ4n) is 6.04. The summed E-state index contributed by atoms with van der Waals surface area (Å²) in [5.74, 6) is -1.47. The topological polar surface area (TPSA) is 66.8 Å². The number of imide groups is 1. The molecule has 0 radical (unpaired) electrons. The number of carbonyl (C=O) groups excluding carboxylic acids is 2. The Labute approximate surface area is 201 Å². The molecule has 0 bridgehead atoms. The largest absolute Gasteiger partial charge is 0.505 e. The minimum absolute atomic E-state index is 0.00357. The van der Waals surface area contributed by atoms with E-state index in [4.69, 9.17) is 4.74 Å². The van der Waals surface area contributed by atoms with Crippen molar-refractivity contribution in [1.82, 2.24) is 4.90 Å². The van der Waals surface area contributed by atoms with E-state index in [2.05, 4.69) is 13.8 Å². The Bertz CT molecular complexity index is 1010. The highest BCUT2D eigenvalue weighted by Gasteiger charge is 2.56. The van der Waals surface area contributed by atoms with E-state index < -0.39 is 5.82 Å². The van der Waals surface area contributed by atoms with E-state index in [1.54, 1.807) is 6.07 Å². The maximum absolute atomic E-state index is 13.7. The number of hydrogen-bond donors (Lipinski definition) is 1. The molecule has 0 saturated carbocycles. The van der Waals surface area contributed by atoms with Crippen molar-refractivity contribution in [3.63, 3.8) is 0 Å². The second-order valence-corrected chi connectivity index (χ2v) is 9.81.